The lowest BCUT2D eigenvalue weighted by atomic mass is 9.67. The number of hydrogen-bond donors (Lipinski definition) is 0. The molecular formula is C49H31NO2. The number of anilines is 3. The SMILES string of the molecule is c1ccc(N(c2ccc3c(c2)oc2ccccc23)c2cccc3c2oc2c(C4(c5ccccc5)c5ccccc5-c5ccccc54)cccc23)cc1. The van der Waals surface area contributed by atoms with E-state index in [1.807, 2.05) is 12.1 Å². The van der Waals surface area contributed by atoms with Gasteiger partial charge in [-0.1, -0.05) is 146 Å². The molecule has 1 aliphatic carbocycles. The summed E-state index contributed by atoms with van der Waals surface area (Å²) in [7, 11) is 0. The van der Waals surface area contributed by atoms with Gasteiger partial charge in [-0.05, 0) is 64.2 Å². The molecule has 2 heterocycles. The largest absolute Gasteiger partial charge is 0.456 e. The van der Waals surface area contributed by atoms with Gasteiger partial charge in [-0.15, -0.1) is 0 Å². The molecule has 0 fully saturated rings. The second-order valence-corrected chi connectivity index (χ2v) is 13.6. The Bertz CT molecular complexity index is 2930. The highest BCUT2D eigenvalue weighted by atomic mass is 16.3. The lowest BCUT2D eigenvalue weighted by molar-refractivity contribution is 0.648. The molecule has 0 spiro atoms. The molecule has 0 amide bonds. The van der Waals surface area contributed by atoms with Gasteiger partial charge in [0.1, 0.15) is 16.7 Å². The van der Waals surface area contributed by atoms with E-state index in [2.05, 4.69) is 181 Å². The molecule has 0 unspecified atom stereocenters. The van der Waals surface area contributed by atoms with Crippen molar-refractivity contribution in [1.82, 2.24) is 0 Å². The van der Waals surface area contributed by atoms with Crippen molar-refractivity contribution in [2.75, 3.05) is 4.90 Å². The summed E-state index contributed by atoms with van der Waals surface area (Å²) < 4.78 is 13.7. The molecule has 0 N–H and O–H groups in total. The van der Waals surface area contributed by atoms with Gasteiger partial charge in [0.15, 0.2) is 5.58 Å². The summed E-state index contributed by atoms with van der Waals surface area (Å²) in [6.45, 7) is 0. The van der Waals surface area contributed by atoms with Crippen molar-refractivity contribution in [3.63, 3.8) is 0 Å². The Morgan fingerprint density at radius 3 is 1.71 bits per heavy atom. The Morgan fingerprint density at radius 2 is 0.942 bits per heavy atom. The monoisotopic (exact) mass is 665 g/mol. The van der Waals surface area contributed by atoms with E-state index < -0.39 is 5.41 Å². The Kier molecular flexibility index (Phi) is 6.17. The van der Waals surface area contributed by atoms with E-state index in [0.717, 1.165) is 66.5 Å². The zero-order chi connectivity index (χ0) is 34.2. The normalized spacial score (nSPS) is 13.2. The molecule has 8 aromatic carbocycles. The third-order valence-electron chi connectivity index (χ3n) is 10.9. The van der Waals surface area contributed by atoms with Crippen molar-refractivity contribution < 1.29 is 8.83 Å². The topological polar surface area (TPSA) is 29.5 Å². The highest BCUT2D eigenvalue weighted by Crippen LogP contribution is 2.58. The molecule has 0 bridgehead atoms. The summed E-state index contributed by atoms with van der Waals surface area (Å²) in [6, 6.07) is 67.0. The minimum absolute atomic E-state index is 0.576. The molecule has 0 saturated carbocycles. The number of nitrogens with zero attached hydrogens (tertiary/aromatic N) is 1. The fourth-order valence-corrected chi connectivity index (χ4v) is 8.81. The predicted octanol–water partition coefficient (Wildman–Crippen LogP) is 13.3. The van der Waals surface area contributed by atoms with Gasteiger partial charge < -0.3 is 13.7 Å². The first-order valence-electron chi connectivity index (χ1n) is 17.8. The minimum Gasteiger partial charge on any atom is -0.456 e. The predicted molar refractivity (Wildman–Crippen MR) is 213 cm³/mol. The van der Waals surface area contributed by atoms with Crippen LogP contribution in [0.1, 0.15) is 22.3 Å². The van der Waals surface area contributed by atoms with Crippen molar-refractivity contribution >= 4 is 60.9 Å². The molecule has 1 aliphatic rings. The van der Waals surface area contributed by atoms with Gasteiger partial charge in [-0.2, -0.15) is 0 Å². The number of hydrogen-bond acceptors (Lipinski definition) is 3. The number of furan rings is 2. The van der Waals surface area contributed by atoms with Crippen LogP contribution in [0.2, 0.25) is 0 Å². The summed E-state index contributed by atoms with van der Waals surface area (Å²) in [6.07, 6.45) is 0. The molecule has 52 heavy (non-hydrogen) atoms. The third kappa shape index (κ3) is 3.96. The highest BCUT2D eigenvalue weighted by Gasteiger charge is 2.47. The van der Waals surface area contributed by atoms with Gasteiger partial charge in [0.25, 0.3) is 0 Å². The number of para-hydroxylation sites is 4. The first-order valence-corrected chi connectivity index (χ1v) is 17.8. The van der Waals surface area contributed by atoms with E-state index in [9.17, 15) is 0 Å². The van der Waals surface area contributed by atoms with E-state index in [1.54, 1.807) is 0 Å². The number of fused-ring (bicyclic) bond motifs is 9. The van der Waals surface area contributed by atoms with Crippen LogP contribution < -0.4 is 4.90 Å². The minimum atomic E-state index is -0.576. The van der Waals surface area contributed by atoms with Crippen molar-refractivity contribution in [2.45, 2.75) is 5.41 Å². The molecule has 0 saturated heterocycles. The summed E-state index contributed by atoms with van der Waals surface area (Å²) >= 11 is 0. The van der Waals surface area contributed by atoms with Crippen LogP contribution >= 0.6 is 0 Å². The van der Waals surface area contributed by atoms with E-state index in [0.29, 0.717) is 0 Å². The van der Waals surface area contributed by atoms with Crippen LogP contribution in [0.25, 0.3) is 55.0 Å². The van der Waals surface area contributed by atoms with Gasteiger partial charge >= 0.3 is 0 Å². The molecule has 244 valence electrons. The number of rotatable bonds is 5. The fraction of sp³-hybridized carbons (Fsp3) is 0.0204. The molecule has 10 aromatic rings. The summed E-state index contributed by atoms with van der Waals surface area (Å²) in [5.74, 6) is 0. The lowest BCUT2D eigenvalue weighted by Crippen LogP contribution is -2.28. The van der Waals surface area contributed by atoms with Gasteiger partial charge in [0.2, 0.25) is 0 Å². The van der Waals surface area contributed by atoms with Gasteiger partial charge in [0, 0.05) is 38.9 Å². The van der Waals surface area contributed by atoms with Crippen LogP contribution in [0.15, 0.2) is 197 Å². The van der Waals surface area contributed by atoms with Crippen LogP contribution in [-0.2, 0) is 5.41 Å². The maximum absolute atomic E-state index is 7.30. The average molecular weight is 666 g/mol. The van der Waals surface area contributed by atoms with Gasteiger partial charge in [-0.25, -0.2) is 0 Å². The summed E-state index contributed by atoms with van der Waals surface area (Å²) in [5.41, 5.74) is 13.3. The third-order valence-corrected chi connectivity index (χ3v) is 10.9. The molecule has 0 radical (unpaired) electrons. The van der Waals surface area contributed by atoms with Crippen LogP contribution in [0.4, 0.5) is 17.1 Å². The Labute approximate surface area is 300 Å². The summed E-state index contributed by atoms with van der Waals surface area (Å²) in [5, 5.41) is 4.38. The van der Waals surface area contributed by atoms with Crippen LogP contribution in [0.5, 0.6) is 0 Å². The van der Waals surface area contributed by atoms with E-state index in [4.69, 9.17) is 8.83 Å². The van der Waals surface area contributed by atoms with E-state index in [1.165, 1.54) is 27.8 Å². The second-order valence-electron chi connectivity index (χ2n) is 13.6. The van der Waals surface area contributed by atoms with Gasteiger partial charge in [-0.3, -0.25) is 0 Å². The average Bonchev–Trinajstić information content (AvgIpc) is 3.88. The lowest BCUT2D eigenvalue weighted by Gasteiger charge is -2.33. The molecule has 2 aromatic heterocycles. The number of benzene rings is 8. The zero-order valence-corrected chi connectivity index (χ0v) is 28.2. The summed E-state index contributed by atoms with van der Waals surface area (Å²) in [4.78, 5) is 2.28. The first kappa shape index (κ1) is 28.9. The molecule has 3 nitrogen and oxygen atoms in total. The van der Waals surface area contributed by atoms with Crippen molar-refractivity contribution in [3.05, 3.63) is 210 Å². The molecule has 0 atom stereocenters. The van der Waals surface area contributed by atoms with Gasteiger partial charge in [0.05, 0.1) is 16.8 Å². The van der Waals surface area contributed by atoms with Crippen LogP contribution in [0.3, 0.4) is 0 Å². The molecule has 11 rings (SSSR count). The maximum atomic E-state index is 7.30. The zero-order valence-electron chi connectivity index (χ0n) is 28.2. The Balaban J connectivity index is 1.20. The quantitative estimate of drug-likeness (QED) is 0.183. The molecular weight excluding hydrogens is 635 g/mol. The first-order chi connectivity index (χ1) is 25.8. The Hall–Kier alpha value is -6.84. The van der Waals surface area contributed by atoms with Crippen molar-refractivity contribution in [3.8, 4) is 11.1 Å². The van der Waals surface area contributed by atoms with Crippen molar-refractivity contribution in [2.24, 2.45) is 0 Å². The molecule has 0 aliphatic heterocycles. The molecule has 3 heteroatoms. The van der Waals surface area contributed by atoms with E-state index >= 15 is 0 Å². The maximum Gasteiger partial charge on any atom is 0.159 e. The van der Waals surface area contributed by atoms with Crippen LogP contribution in [-0.4, -0.2) is 0 Å². The second kappa shape index (κ2) is 11.1. The smallest absolute Gasteiger partial charge is 0.159 e. The van der Waals surface area contributed by atoms with Crippen molar-refractivity contribution in [1.29, 1.82) is 0 Å². The highest BCUT2D eigenvalue weighted by molar-refractivity contribution is 6.12. The van der Waals surface area contributed by atoms with E-state index in [-0.39, 0.29) is 0 Å². The standard InChI is InChI=1S/C49H31NO2/c1-3-15-32(16-4-1)49(41-24-10-7-19-35(41)36-20-8-11-25-42(36)49)43-26-13-22-39-40-23-14-27-44(48(40)52-47(39)43)50(33-17-5-2-6-18-33)34-29-30-38-37-21-9-12-28-45(37)51-46(38)31-34/h1-31H. The van der Waals surface area contributed by atoms with Crippen LogP contribution in [0, 0.1) is 0 Å². The Morgan fingerprint density at radius 1 is 0.365 bits per heavy atom. The fourth-order valence-electron chi connectivity index (χ4n) is 8.81.